The first-order chi connectivity index (χ1) is 7.85. The summed E-state index contributed by atoms with van der Waals surface area (Å²) in [6, 6.07) is 0.263. The van der Waals surface area contributed by atoms with Gasteiger partial charge in [-0.05, 0) is 13.5 Å². The Hall–Kier alpha value is -0.200. The molecule has 5 nitrogen and oxygen atoms in total. The smallest absolute Gasteiger partial charge is 0.0700 e. The van der Waals surface area contributed by atoms with Crippen molar-refractivity contribution in [1.82, 2.24) is 5.32 Å². The number of hydrogen-bond donors (Lipinski definition) is 1. The van der Waals surface area contributed by atoms with Crippen molar-refractivity contribution < 1.29 is 18.9 Å². The third-order valence-corrected chi connectivity index (χ3v) is 2.10. The van der Waals surface area contributed by atoms with E-state index in [1.165, 1.54) is 0 Å². The van der Waals surface area contributed by atoms with Gasteiger partial charge in [-0.3, -0.25) is 0 Å². The maximum Gasteiger partial charge on any atom is 0.0700 e. The average Bonchev–Trinajstić information content (AvgIpc) is 2.31. The topological polar surface area (TPSA) is 49.0 Å². The molecule has 1 unspecified atom stereocenters. The van der Waals surface area contributed by atoms with Crippen LogP contribution in [0.5, 0.6) is 0 Å². The van der Waals surface area contributed by atoms with Crippen molar-refractivity contribution in [3.05, 3.63) is 0 Å². The van der Waals surface area contributed by atoms with Crippen LogP contribution in [0.15, 0.2) is 0 Å². The van der Waals surface area contributed by atoms with E-state index in [4.69, 9.17) is 18.9 Å². The second-order valence-corrected chi connectivity index (χ2v) is 3.47. The summed E-state index contributed by atoms with van der Waals surface area (Å²) in [6.07, 6.45) is 0.910. The molecular formula is C11H25NO4. The van der Waals surface area contributed by atoms with E-state index in [-0.39, 0.29) is 6.04 Å². The Morgan fingerprint density at radius 3 is 2.25 bits per heavy atom. The van der Waals surface area contributed by atoms with Crippen LogP contribution in [0.3, 0.4) is 0 Å². The van der Waals surface area contributed by atoms with E-state index < -0.39 is 0 Å². The van der Waals surface area contributed by atoms with Crippen molar-refractivity contribution in [1.29, 1.82) is 0 Å². The van der Waals surface area contributed by atoms with Crippen LogP contribution >= 0.6 is 0 Å². The van der Waals surface area contributed by atoms with E-state index in [1.54, 1.807) is 14.2 Å². The molecular weight excluding hydrogens is 210 g/mol. The minimum Gasteiger partial charge on any atom is -0.383 e. The zero-order chi connectivity index (χ0) is 12.1. The van der Waals surface area contributed by atoms with Crippen molar-refractivity contribution in [2.75, 3.05) is 60.9 Å². The Morgan fingerprint density at radius 1 is 0.875 bits per heavy atom. The lowest BCUT2D eigenvalue weighted by molar-refractivity contribution is 0.0407. The molecule has 0 saturated heterocycles. The number of rotatable bonds is 12. The molecule has 0 aromatic rings. The van der Waals surface area contributed by atoms with Gasteiger partial charge in [-0.15, -0.1) is 0 Å². The summed E-state index contributed by atoms with van der Waals surface area (Å²) in [6.45, 7) is 4.08. The summed E-state index contributed by atoms with van der Waals surface area (Å²) in [5.74, 6) is 0. The van der Waals surface area contributed by atoms with Gasteiger partial charge in [0, 0.05) is 27.4 Å². The molecule has 5 heteroatoms. The fourth-order valence-electron chi connectivity index (χ4n) is 1.15. The Kier molecular flexibility index (Phi) is 12.7. The van der Waals surface area contributed by atoms with Gasteiger partial charge in [-0.2, -0.15) is 0 Å². The first-order valence-corrected chi connectivity index (χ1v) is 5.65. The van der Waals surface area contributed by atoms with Gasteiger partial charge >= 0.3 is 0 Å². The average molecular weight is 235 g/mol. The van der Waals surface area contributed by atoms with Gasteiger partial charge < -0.3 is 24.3 Å². The van der Waals surface area contributed by atoms with Gasteiger partial charge in [0.25, 0.3) is 0 Å². The first kappa shape index (κ1) is 15.8. The summed E-state index contributed by atoms with van der Waals surface area (Å²) in [5, 5.41) is 3.12. The maximum atomic E-state index is 5.49. The number of hydrogen-bond acceptors (Lipinski definition) is 5. The van der Waals surface area contributed by atoms with E-state index >= 15 is 0 Å². The molecule has 0 aliphatic carbocycles. The second kappa shape index (κ2) is 12.9. The molecule has 1 N–H and O–H groups in total. The fraction of sp³-hybridized carbons (Fsp3) is 1.00. The van der Waals surface area contributed by atoms with Crippen LogP contribution in [0.2, 0.25) is 0 Å². The number of methoxy groups -OCH3 is 2. The molecule has 98 valence electrons. The van der Waals surface area contributed by atoms with Gasteiger partial charge in [0.2, 0.25) is 0 Å². The predicted molar refractivity (Wildman–Crippen MR) is 62.9 cm³/mol. The fourth-order valence-corrected chi connectivity index (χ4v) is 1.15. The zero-order valence-electron chi connectivity index (χ0n) is 10.7. The molecule has 0 amide bonds. The molecule has 1 atom stereocenters. The summed E-state index contributed by atoms with van der Waals surface area (Å²) < 4.78 is 20.7. The monoisotopic (exact) mass is 235 g/mol. The SMILES string of the molecule is CNC(COC)COCCCOCCOC. The quantitative estimate of drug-likeness (QED) is 0.493. The summed E-state index contributed by atoms with van der Waals surface area (Å²) in [5.41, 5.74) is 0. The molecule has 0 radical (unpaired) electrons. The van der Waals surface area contributed by atoms with Crippen molar-refractivity contribution >= 4 is 0 Å². The third-order valence-electron chi connectivity index (χ3n) is 2.10. The van der Waals surface area contributed by atoms with Crippen molar-refractivity contribution in [3.8, 4) is 0 Å². The molecule has 0 aromatic carbocycles. The summed E-state index contributed by atoms with van der Waals surface area (Å²) in [7, 11) is 5.26. The van der Waals surface area contributed by atoms with E-state index in [0.717, 1.165) is 19.6 Å². The number of nitrogens with one attached hydrogen (secondary N) is 1. The minimum atomic E-state index is 0.263. The van der Waals surface area contributed by atoms with Crippen molar-refractivity contribution in [2.24, 2.45) is 0 Å². The molecule has 0 saturated carbocycles. The largest absolute Gasteiger partial charge is 0.383 e. The standard InChI is InChI=1S/C11H25NO4/c1-12-11(9-14-3)10-16-6-4-5-15-8-7-13-2/h11-12H,4-10H2,1-3H3. The van der Waals surface area contributed by atoms with Gasteiger partial charge in [0.05, 0.1) is 32.5 Å². The second-order valence-electron chi connectivity index (χ2n) is 3.47. The number of likely N-dealkylation sites (N-methyl/N-ethyl adjacent to an activating group) is 1. The van der Waals surface area contributed by atoms with Crippen LogP contribution in [0.1, 0.15) is 6.42 Å². The van der Waals surface area contributed by atoms with Crippen LogP contribution in [0, 0.1) is 0 Å². The van der Waals surface area contributed by atoms with Gasteiger partial charge in [0.15, 0.2) is 0 Å². The molecule has 0 rings (SSSR count). The molecule has 0 spiro atoms. The van der Waals surface area contributed by atoms with E-state index in [0.29, 0.717) is 26.4 Å². The zero-order valence-corrected chi connectivity index (χ0v) is 10.7. The van der Waals surface area contributed by atoms with Crippen molar-refractivity contribution in [3.63, 3.8) is 0 Å². The van der Waals surface area contributed by atoms with Crippen LogP contribution in [-0.4, -0.2) is 67.0 Å². The van der Waals surface area contributed by atoms with Crippen molar-refractivity contribution in [2.45, 2.75) is 12.5 Å². The summed E-state index contributed by atoms with van der Waals surface area (Å²) in [4.78, 5) is 0. The Labute approximate surface area is 98.4 Å². The summed E-state index contributed by atoms with van der Waals surface area (Å²) >= 11 is 0. The van der Waals surface area contributed by atoms with Gasteiger partial charge in [0.1, 0.15) is 0 Å². The van der Waals surface area contributed by atoms with Crippen LogP contribution in [0.4, 0.5) is 0 Å². The highest BCUT2D eigenvalue weighted by molar-refractivity contribution is 4.61. The maximum absolute atomic E-state index is 5.49. The third kappa shape index (κ3) is 10.3. The van der Waals surface area contributed by atoms with Crippen LogP contribution in [-0.2, 0) is 18.9 Å². The first-order valence-electron chi connectivity index (χ1n) is 5.65. The highest BCUT2D eigenvalue weighted by Crippen LogP contribution is 1.90. The van der Waals surface area contributed by atoms with Gasteiger partial charge in [-0.1, -0.05) is 0 Å². The molecule has 0 aromatic heterocycles. The van der Waals surface area contributed by atoms with E-state index in [2.05, 4.69) is 5.32 Å². The Morgan fingerprint density at radius 2 is 1.62 bits per heavy atom. The molecule has 16 heavy (non-hydrogen) atoms. The van der Waals surface area contributed by atoms with E-state index in [9.17, 15) is 0 Å². The normalized spacial score (nSPS) is 12.9. The molecule has 0 heterocycles. The van der Waals surface area contributed by atoms with Crippen LogP contribution < -0.4 is 5.32 Å². The predicted octanol–water partition coefficient (Wildman–Crippen LogP) is 0.291. The van der Waals surface area contributed by atoms with E-state index in [1.807, 2.05) is 7.05 Å². The lowest BCUT2D eigenvalue weighted by Crippen LogP contribution is -2.34. The molecule has 0 bridgehead atoms. The molecule has 0 fully saturated rings. The van der Waals surface area contributed by atoms with Crippen LogP contribution in [0.25, 0.3) is 0 Å². The highest BCUT2D eigenvalue weighted by atomic mass is 16.5. The molecule has 0 aliphatic rings. The Balaban J connectivity index is 3.12. The minimum absolute atomic E-state index is 0.263. The lowest BCUT2D eigenvalue weighted by atomic mass is 10.3. The highest BCUT2D eigenvalue weighted by Gasteiger charge is 2.04. The lowest BCUT2D eigenvalue weighted by Gasteiger charge is -2.15. The molecule has 0 aliphatic heterocycles. The Bertz CT molecular complexity index is 135. The number of ether oxygens (including phenoxy) is 4. The van der Waals surface area contributed by atoms with Gasteiger partial charge in [-0.25, -0.2) is 0 Å².